The summed E-state index contributed by atoms with van der Waals surface area (Å²) in [7, 11) is 1.49. The van der Waals surface area contributed by atoms with Gasteiger partial charge in [0.1, 0.15) is 5.57 Å². The van der Waals surface area contributed by atoms with Gasteiger partial charge in [-0.05, 0) is 80.0 Å². The molecule has 156 valence electrons. The van der Waals surface area contributed by atoms with Crippen LogP contribution in [0.15, 0.2) is 35.9 Å². The maximum absolute atomic E-state index is 13.2. The molecule has 1 N–H and O–H groups in total. The Bertz CT molecular complexity index is 1060. The molecule has 2 aromatic rings. The van der Waals surface area contributed by atoms with E-state index in [0.29, 0.717) is 34.4 Å². The van der Waals surface area contributed by atoms with Gasteiger partial charge in [-0.15, -0.1) is 0 Å². The maximum Gasteiger partial charge on any atom is 0.270 e. The molecular weight excluding hydrogens is 424 g/mol. The summed E-state index contributed by atoms with van der Waals surface area (Å²) in [6.07, 6.45) is 1.46. The molecule has 8 heteroatoms. The first-order chi connectivity index (χ1) is 14.2. The van der Waals surface area contributed by atoms with Crippen molar-refractivity contribution in [1.82, 2.24) is 5.32 Å². The number of methoxy groups -OCH3 is 1. The molecule has 0 spiro atoms. The number of thiocarbonyl (C=S) groups is 1. The van der Waals surface area contributed by atoms with Gasteiger partial charge in [-0.3, -0.25) is 19.8 Å². The molecule has 2 amide bonds. The lowest BCUT2D eigenvalue weighted by Crippen LogP contribution is -2.54. The van der Waals surface area contributed by atoms with Gasteiger partial charge in [-0.1, -0.05) is 17.7 Å². The third-order valence-corrected chi connectivity index (χ3v) is 4.98. The van der Waals surface area contributed by atoms with E-state index in [-0.39, 0.29) is 10.7 Å². The minimum atomic E-state index is -0.574. The first-order valence-electron chi connectivity index (χ1n) is 9.25. The summed E-state index contributed by atoms with van der Waals surface area (Å²) in [5.74, 6) is -0.281. The van der Waals surface area contributed by atoms with Crippen LogP contribution in [-0.4, -0.2) is 30.6 Å². The van der Waals surface area contributed by atoms with Crippen LogP contribution in [-0.2, 0) is 9.59 Å². The van der Waals surface area contributed by atoms with Crippen LogP contribution in [0.5, 0.6) is 11.5 Å². The van der Waals surface area contributed by atoms with E-state index in [1.807, 2.05) is 39.0 Å². The van der Waals surface area contributed by atoms with Crippen molar-refractivity contribution in [3.63, 3.8) is 0 Å². The summed E-state index contributed by atoms with van der Waals surface area (Å²) in [5.41, 5.74) is 3.01. The van der Waals surface area contributed by atoms with Crippen molar-refractivity contribution >= 4 is 52.5 Å². The number of ether oxygens (including phenoxy) is 2. The Morgan fingerprint density at radius 3 is 2.40 bits per heavy atom. The number of carbonyl (C=O) groups excluding carboxylic acids is 2. The van der Waals surface area contributed by atoms with Crippen molar-refractivity contribution < 1.29 is 19.1 Å². The lowest BCUT2D eigenvalue weighted by molar-refractivity contribution is -0.122. The first-order valence-corrected chi connectivity index (χ1v) is 10.0. The zero-order valence-electron chi connectivity index (χ0n) is 17.0. The highest BCUT2D eigenvalue weighted by Gasteiger charge is 2.34. The number of hydrogen-bond donors (Lipinski definition) is 1. The van der Waals surface area contributed by atoms with E-state index >= 15 is 0 Å². The number of carbonyl (C=O) groups is 2. The number of benzene rings is 2. The summed E-state index contributed by atoms with van der Waals surface area (Å²) in [4.78, 5) is 27.1. The molecule has 1 saturated heterocycles. The quantitative estimate of drug-likeness (QED) is 0.425. The van der Waals surface area contributed by atoms with Crippen LogP contribution in [0, 0.1) is 13.8 Å². The predicted octanol–water partition coefficient (Wildman–Crippen LogP) is 4.20. The molecule has 6 nitrogen and oxygen atoms in total. The van der Waals surface area contributed by atoms with Crippen LogP contribution in [0.4, 0.5) is 5.69 Å². The Kier molecular flexibility index (Phi) is 6.43. The summed E-state index contributed by atoms with van der Waals surface area (Å²) < 4.78 is 10.8. The van der Waals surface area contributed by atoms with Gasteiger partial charge in [-0.25, -0.2) is 0 Å². The Labute approximate surface area is 185 Å². The fourth-order valence-electron chi connectivity index (χ4n) is 3.27. The Balaban J connectivity index is 2.06. The Morgan fingerprint density at radius 1 is 1.13 bits per heavy atom. The SMILES string of the molecule is CCOc1cc(/C=C2\C(=O)NC(=S)N(c3cc(C)cc(C)c3)C2=O)cc(Cl)c1OC. The molecule has 0 saturated carbocycles. The van der Waals surface area contributed by atoms with Gasteiger partial charge < -0.3 is 9.47 Å². The number of halogens is 1. The van der Waals surface area contributed by atoms with Crippen molar-refractivity contribution in [2.45, 2.75) is 20.8 Å². The van der Waals surface area contributed by atoms with E-state index < -0.39 is 11.8 Å². The predicted molar refractivity (Wildman–Crippen MR) is 121 cm³/mol. The highest BCUT2D eigenvalue weighted by Crippen LogP contribution is 2.37. The molecule has 2 aromatic carbocycles. The highest BCUT2D eigenvalue weighted by molar-refractivity contribution is 7.80. The van der Waals surface area contributed by atoms with E-state index in [9.17, 15) is 9.59 Å². The zero-order valence-corrected chi connectivity index (χ0v) is 18.6. The van der Waals surface area contributed by atoms with E-state index in [0.717, 1.165) is 11.1 Å². The van der Waals surface area contributed by atoms with Crippen molar-refractivity contribution in [3.8, 4) is 11.5 Å². The fraction of sp³-hybridized carbons (Fsp3) is 0.227. The van der Waals surface area contributed by atoms with E-state index in [1.165, 1.54) is 18.1 Å². The van der Waals surface area contributed by atoms with Crippen molar-refractivity contribution in [3.05, 3.63) is 57.6 Å². The number of hydrogen-bond acceptors (Lipinski definition) is 5. The maximum atomic E-state index is 13.2. The van der Waals surface area contributed by atoms with Gasteiger partial charge in [0.2, 0.25) is 0 Å². The minimum Gasteiger partial charge on any atom is -0.491 e. The van der Waals surface area contributed by atoms with E-state index in [2.05, 4.69) is 5.32 Å². The van der Waals surface area contributed by atoms with Crippen molar-refractivity contribution in [2.24, 2.45) is 0 Å². The Hall–Kier alpha value is -2.90. The molecule has 0 radical (unpaired) electrons. The number of nitrogens with one attached hydrogen (secondary N) is 1. The molecule has 1 aliphatic heterocycles. The molecule has 0 aliphatic carbocycles. The van der Waals surface area contributed by atoms with Gasteiger partial charge in [0.15, 0.2) is 16.6 Å². The molecule has 0 unspecified atom stereocenters. The van der Waals surface area contributed by atoms with Crippen LogP contribution in [0.3, 0.4) is 0 Å². The number of anilines is 1. The van der Waals surface area contributed by atoms with Crippen LogP contribution in [0.1, 0.15) is 23.6 Å². The van der Waals surface area contributed by atoms with E-state index in [1.54, 1.807) is 12.1 Å². The standard InChI is InChI=1S/C22H21ClN2O4S/c1-5-29-18-11-14(10-17(23)19(18)28-4)9-16-20(26)24-22(30)25(21(16)27)15-7-12(2)6-13(3)8-15/h6-11H,5H2,1-4H3,(H,24,26,30)/b16-9+. The third-order valence-electron chi connectivity index (χ3n) is 4.41. The van der Waals surface area contributed by atoms with Gasteiger partial charge in [0.25, 0.3) is 11.8 Å². The molecule has 0 aromatic heterocycles. The van der Waals surface area contributed by atoms with Crippen molar-refractivity contribution in [2.75, 3.05) is 18.6 Å². The zero-order chi connectivity index (χ0) is 22.0. The van der Waals surface area contributed by atoms with Gasteiger partial charge >= 0.3 is 0 Å². The first kappa shape index (κ1) is 21.8. The smallest absolute Gasteiger partial charge is 0.270 e. The molecule has 0 bridgehead atoms. The summed E-state index contributed by atoms with van der Waals surface area (Å²) in [5, 5.41) is 2.93. The van der Waals surface area contributed by atoms with Crippen LogP contribution in [0.25, 0.3) is 6.08 Å². The monoisotopic (exact) mass is 444 g/mol. The fourth-order valence-corrected chi connectivity index (χ4v) is 3.85. The topological polar surface area (TPSA) is 67.9 Å². The van der Waals surface area contributed by atoms with Gasteiger partial charge in [0.05, 0.1) is 24.4 Å². The average molecular weight is 445 g/mol. The number of rotatable bonds is 5. The molecule has 1 heterocycles. The summed E-state index contributed by atoms with van der Waals surface area (Å²) >= 11 is 11.6. The number of nitrogens with zero attached hydrogens (tertiary/aromatic N) is 1. The van der Waals surface area contributed by atoms with Crippen molar-refractivity contribution in [1.29, 1.82) is 0 Å². The number of amides is 2. The average Bonchev–Trinajstić information content (AvgIpc) is 2.64. The van der Waals surface area contributed by atoms with Crippen LogP contribution in [0.2, 0.25) is 5.02 Å². The molecular formula is C22H21ClN2O4S. The Morgan fingerprint density at radius 2 is 1.80 bits per heavy atom. The largest absolute Gasteiger partial charge is 0.491 e. The summed E-state index contributed by atoms with van der Waals surface area (Å²) in [6.45, 7) is 6.09. The van der Waals surface area contributed by atoms with Crippen LogP contribution >= 0.6 is 23.8 Å². The summed E-state index contributed by atoms with van der Waals surface area (Å²) in [6, 6.07) is 8.93. The molecule has 3 rings (SSSR count). The lowest BCUT2D eigenvalue weighted by atomic mass is 10.1. The molecule has 0 atom stereocenters. The minimum absolute atomic E-state index is 0.0370. The molecule has 1 fully saturated rings. The normalized spacial score (nSPS) is 15.4. The van der Waals surface area contributed by atoms with E-state index in [4.69, 9.17) is 33.3 Å². The molecule has 30 heavy (non-hydrogen) atoms. The second-order valence-corrected chi connectivity index (χ2v) is 7.56. The number of aryl methyl sites for hydroxylation is 2. The van der Waals surface area contributed by atoms with Gasteiger partial charge in [0, 0.05) is 0 Å². The third kappa shape index (κ3) is 4.32. The molecule has 1 aliphatic rings. The van der Waals surface area contributed by atoms with Gasteiger partial charge in [-0.2, -0.15) is 0 Å². The lowest BCUT2D eigenvalue weighted by Gasteiger charge is -2.29. The second kappa shape index (κ2) is 8.85. The highest BCUT2D eigenvalue weighted by atomic mass is 35.5. The van der Waals surface area contributed by atoms with Crippen LogP contribution < -0.4 is 19.7 Å². The second-order valence-electron chi connectivity index (χ2n) is 6.77.